The number of thiophene rings is 1. The van der Waals surface area contributed by atoms with Gasteiger partial charge in [-0.25, -0.2) is 4.79 Å². The zero-order chi connectivity index (χ0) is 22.6. The van der Waals surface area contributed by atoms with Gasteiger partial charge in [-0.05, 0) is 65.3 Å². The van der Waals surface area contributed by atoms with Crippen LogP contribution in [-0.2, 0) is 4.79 Å². The number of nitrogens with one attached hydrogen (secondary N) is 1. The summed E-state index contributed by atoms with van der Waals surface area (Å²) < 4.78 is 10.8. The van der Waals surface area contributed by atoms with E-state index in [2.05, 4.69) is 5.32 Å². The predicted molar refractivity (Wildman–Crippen MR) is 126 cm³/mol. The number of methoxy groups -OCH3 is 2. The Bertz CT molecular complexity index is 959. The standard InChI is InChI=1S/C24H29N3O4S/c1-30-19-4-3-5-20(31-2)22(19)25-23(29)27-14-11-24(17-27)9-12-26(13-10-24)21(28)7-6-18-8-15-32-16-18/h3-8,15-16H,9-14,17H2,1-2H3,(H,25,29)/b7-6+. The Labute approximate surface area is 192 Å². The molecule has 32 heavy (non-hydrogen) atoms. The molecule has 170 valence electrons. The number of likely N-dealkylation sites (tertiary alicyclic amines) is 2. The largest absolute Gasteiger partial charge is 0.494 e. The summed E-state index contributed by atoms with van der Waals surface area (Å²) in [5, 5.41) is 6.99. The Kier molecular flexibility index (Phi) is 6.69. The number of carbonyl (C=O) groups excluding carboxylic acids is 2. The van der Waals surface area contributed by atoms with Gasteiger partial charge in [-0.2, -0.15) is 11.3 Å². The van der Waals surface area contributed by atoms with Gasteiger partial charge in [0.1, 0.15) is 17.2 Å². The van der Waals surface area contributed by atoms with Gasteiger partial charge in [0.15, 0.2) is 0 Å². The topological polar surface area (TPSA) is 71.1 Å². The SMILES string of the molecule is COc1cccc(OC)c1NC(=O)N1CCC2(CCN(C(=O)/C=C/c3ccsc3)CC2)C1. The molecule has 7 nitrogen and oxygen atoms in total. The van der Waals surface area contributed by atoms with E-state index in [9.17, 15) is 9.59 Å². The summed E-state index contributed by atoms with van der Waals surface area (Å²) in [6.45, 7) is 2.85. The Morgan fingerprint density at radius 3 is 2.28 bits per heavy atom. The van der Waals surface area contributed by atoms with Crippen LogP contribution in [0.15, 0.2) is 41.1 Å². The van der Waals surface area contributed by atoms with Crippen LogP contribution in [0.4, 0.5) is 10.5 Å². The number of urea groups is 1. The second-order valence-corrected chi connectivity index (χ2v) is 9.13. The van der Waals surface area contributed by atoms with Crippen molar-refractivity contribution >= 4 is 35.0 Å². The van der Waals surface area contributed by atoms with Crippen LogP contribution in [0.2, 0.25) is 0 Å². The first-order chi connectivity index (χ1) is 15.5. The molecular weight excluding hydrogens is 426 g/mol. The molecule has 1 N–H and O–H groups in total. The maximum atomic E-state index is 13.0. The monoisotopic (exact) mass is 455 g/mol. The number of amides is 3. The van der Waals surface area contributed by atoms with Crippen LogP contribution < -0.4 is 14.8 Å². The van der Waals surface area contributed by atoms with E-state index in [-0.39, 0.29) is 17.4 Å². The maximum absolute atomic E-state index is 13.0. The summed E-state index contributed by atoms with van der Waals surface area (Å²) in [4.78, 5) is 29.3. The van der Waals surface area contributed by atoms with E-state index in [1.165, 1.54) is 0 Å². The minimum absolute atomic E-state index is 0.0573. The average molecular weight is 456 g/mol. The highest BCUT2D eigenvalue weighted by Crippen LogP contribution is 2.41. The van der Waals surface area contributed by atoms with Crippen molar-refractivity contribution in [1.82, 2.24) is 9.80 Å². The smallest absolute Gasteiger partial charge is 0.322 e. The highest BCUT2D eigenvalue weighted by Gasteiger charge is 2.42. The molecule has 1 spiro atoms. The van der Waals surface area contributed by atoms with E-state index in [0.717, 1.165) is 37.9 Å². The summed E-state index contributed by atoms with van der Waals surface area (Å²) in [7, 11) is 3.14. The van der Waals surface area contributed by atoms with Crippen molar-refractivity contribution in [3.63, 3.8) is 0 Å². The molecule has 0 aliphatic carbocycles. The van der Waals surface area contributed by atoms with Crippen LogP contribution in [0.3, 0.4) is 0 Å². The quantitative estimate of drug-likeness (QED) is 0.682. The highest BCUT2D eigenvalue weighted by atomic mass is 32.1. The van der Waals surface area contributed by atoms with Crippen molar-refractivity contribution in [2.75, 3.05) is 45.7 Å². The summed E-state index contributed by atoms with van der Waals surface area (Å²) in [5.74, 6) is 1.18. The van der Waals surface area contributed by atoms with Gasteiger partial charge in [-0.15, -0.1) is 0 Å². The van der Waals surface area contributed by atoms with E-state index < -0.39 is 0 Å². The van der Waals surface area contributed by atoms with Crippen LogP contribution in [0.25, 0.3) is 6.08 Å². The predicted octanol–water partition coefficient (Wildman–Crippen LogP) is 4.33. The van der Waals surface area contributed by atoms with Gasteiger partial charge in [0, 0.05) is 32.3 Å². The number of hydrogen-bond donors (Lipinski definition) is 1. The van der Waals surface area contributed by atoms with Gasteiger partial charge in [0.2, 0.25) is 5.91 Å². The molecule has 0 bridgehead atoms. The number of para-hydroxylation sites is 1. The molecule has 0 saturated carbocycles. The van der Waals surface area contributed by atoms with Crippen molar-refractivity contribution < 1.29 is 19.1 Å². The number of rotatable bonds is 5. The average Bonchev–Trinajstić information content (AvgIpc) is 3.48. The molecule has 0 unspecified atom stereocenters. The van der Waals surface area contributed by atoms with Crippen LogP contribution in [0.1, 0.15) is 24.8 Å². The number of piperidine rings is 1. The fourth-order valence-electron chi connectivity index (χ4n) is 4.52. The van der Waals surface area contributed by atoms with E-state index in [4.69, 9.17) is 9.47 Å². The maximum Gasteiger partial charge on any atom is 0.322 e. The zero-order valence-electron chi connectivity index (χ0n) is 18.5. The van der Waals surface area contributed by atoms with Crippen molar-refractivity contribution in [1.29, 1.82) is 0 Å². The molecule has 8 heteroatoms. The number of carbonyl (C=O) groups is 2. The normalized spacial score (nSPS) is 17.7. The lowest BCUT2D eigenvalue weighted by molar-refractivity contribution is -0.128. The number of benzene rings is 1. The zero-order valence-corrected chi connectivity index (χ0v) is 19.3. The summed E-state index contributed by atoms with van der Waals surface area (Å²) in [6, 6.07) is 7.26. The number of nitrogens with zero attached hydrogens (tertiary/aromatic N) is 2. The minimum Gasteiger partial charge on any atom is -0.494 e. The third-order valence-corrected chi connectivity index (χ3v) is 7.18. The van der Waals surface area contributed by atoms with Crippen LogP contribution >= 0.6 is 11.3 Å². The summed E-state index contributed by atoms with van der Waals surface area (Å²) >= 11 is 1.62. The molecule has 0 atom stereocenters. The molecule has 2 aliphatic rings. The molecule has 2 aromatic rings. The number of anilines is 1. The number of ether oxygens (including phenoxy) is 2. The molecule has 4 rings (SSSR count). The molecule has 3 heterocycles. The van der Waals surface area contributed by atoms with E-state index in [0.29, 0.717) is 30.3 Å². The first-order valence-electron chi connectivity index (χ1n) is 10.8. The van der Waals surface area contributed by atoms with Crippen molar-refractivity contribution in [3.8, 4) is 11.5 Å². The Morgan fingerprint density at radius 2 is 1.69 bits per heavy atom. The molecule has 1 aromatic carbocycles. The lowest BCUT2D eigenvalue weighted by atomic mass is 9.78. The molecule has 2 saturated heterocycles. The first kappa shape index (κ1) is 22.2. The van der Waals surface area contributed by atoms with Gasteiger partial charge in [0.05, 0.1) is 14.2 Å². The highest BCUT2D eigenvalue weighted by molar-refractivity contribution is 7.08. The van der Waals surface area contributed by atoms with Gasteiger partial charge in [-0.1, -0.05) is 6.07 Å². The molecule has 0 radical (unpaired) electrons. The fourth-order valence-corrected chi connectivity index (χ4v) is 5.15. The van der Waals surface area contributed by atoms with Gasteiger partial charge in [-0.3, -0.25) is 4.79 Å². The number of hydrogen-bond acceptors (Lipinski definition) is 5. The third kappa shape index (κ3) is 4.75. The van der Waals surface area contributed by atoms with Crippen LogP contribution in [0, 0.1) is 5.41 Å². The Balaban J connectivity index is 1.33. The molecule has 3 amide bonds. The third-order valence-electron chi connectivity index (χ3n) is 6.48. The van der Waals surface area contributed by atoms with E-state index >= 15 is 0 Å². The van der Waals surface area contributed by atoms with Crippen molar-refractivity contribution in [2.45, 2.75) is 19.3 Å². The lowest BCUT2D eigenvalue weighted by Crippen LogP contribution is -2.44. The van der Waals surface area contributed by atoms with Gasteiger partial charge >= 0.3 is 6.03 Å². The Hall–Kier alpha value is -3.00. The van der Waals surface area contributed by atoms with Crippen molar-refractivity contribution in [3.05, 3.63) is 46.7 Å². The van der Waals surface area contributed by atoms with Crippen molar-refractivity contribution in [2.24, 2.45) is 5.41 Å². The first-order valence-corrected chi connectivity index (χ1v) is 11.7. The van der Waals surface area contributed by atoms with E-state index in [1.54, 1.807) is 43.8 Å². The van der Waals surface area contributed by atoms with Crippen LogP contribution in [-0.4, -0.2) is 62.1 Å². The minimum atomic E-state index is -0.151. The molecule has 2 aliphatic heterocycles. The van der Waals surface area contributed by atoms with Gasteiger partial charge < -0.3 is 24.6 Å². The van der Waals surface area contributed by atoms with Gasteiger partial charge in [0.25, 0.3) is 0 Å². The molecule has 1 aromatic heterocycles. The summed E-state index contributed by atoms with van der Waals surface area (Å²) in [6.07, 6.45) is 6.31. The van der Waals surface area contributed by atoms with Crippen LogP contribution in [0.5, 0.6) is 11.5 Å². The Morgan fingerprint density at radius 1 is 1.03 bits per heavy atom. The second-order valence-electron chi connectivity index (χ2n) is 8.35. The lowest BCUT2D eigenvalue weighted by Gasteiger charge is -2.38. The van der Waals surface area contributed by atoms with E-state index in [1.807, 2.05) is 38.8 Å². The fraction of sp³-hybridized carbons (Fsp3) is 0.417. The molecule has 2 fully saturated rings. The molecular formula is C24H29N3O4S. The summed E-state index contributed by atoms with van der Waals surface area (Å²) in [5.41, 5.74) is 1.68. The second kappa shape index (κ2) is 9.65.